The van der Waals surface area contributed by atoms with E-state index in [4.69, 9.17) is 4.42 Å². The van der Waals surface area contributed by atoms with Crippen molar-refractivity contribution in [2.75, 3.05) is 6.54 Å². The Bertz CT molecular complexity index is 547. The van der Waals surface area contributed by atoms with Gasteiger partial charge in [0.1, 0.15) is 11.5 Å². The minimum Gasteiger partial charge on any atom is -0.461 e. The lowest BCUT2D eigenvalue weighted by Gasteiger charge is -2.09. The van der Waals surface area contributed by atoms with Crippen LogP contribution < -0.4 is 5.32 Å². The van der Waals surface area contributed by atoms with Gasteiger partial charge < -0.3 is 9.73 Å². The highest BCUT2D eigenvalue weighted by molar-refractivity contribution is 9.10. The van der Waals surface area contributed by atoms with Crippen LogP contribution in [-0.2, 0) is 6.42 Å². The van der Waals surface area contributed by atoms with Gasteiger partial charge in [-0.1, -0.05) is 35.0 Å². The van der Waals surface area contributed by atoms with Crippen LogP contribution in [0.5, 0.6) is 0 Å². The first-order valence-corrected chi connectivity index (χ1v) is 7.48. The van der Waals surface area contributed by atoms with Crippen LogP contribution in [0.25, 0.3) is 11.3 Å². The maximum Gasteiger partial charge on any atom is 0.134 e. The number of rotatable bonds is 5. The summed E-state index contributed by atoms with van der Waals surface area (Å²) in [6.45, 7) is 7.36. The molecule has 19 heavy (non-hydrogen) atoms. The van der Waals surface area contributed by atoms with Gasteiger partial charge in [0.2, 0.25) is 0 Å². The fourth-order valence-electron chi connectivity index (χ4n) is 2.11. The predicted octanol–water partition coefficient (Wildman–Crippen LogP) is 4.56. The molecule has 1 atom stereocenters. The first-order chi connectivity index (χ1) is 9.10. The van der Waals surface area contributed by atoms with Gasteiger partial charge in [-0.2, -0.15) is 0 Å². The molecule has 3 heteroatoms. The number of likely N-dealkylation sites (N-methyl/N-ethyl adjacent to an activating group) is 1. The molecule has 1 heterocycles. The summed E-state index contributed by atoms with van der Waals surface area (Å²) in [7, 11) is 0. The molecule has 0 amide bonds. The Kier molecular flexibility index (Phi) is 4.83. The predicted molar refractivity (Wildman–Crippen MR) is 83.4 cm³/mol. The van der Waals surface area contributed by atoms with Gasteiger partial charge in [0.05, 0.1) is 0 Å². The van der Waals surface area contributed by atoms with Crippen LogP contribution in [0.1, 0.15) is 25.2 Å². The highest BCUT2D eigenvalue weighted by Crippen LogP contribution is 2.27. The molecule has 0 radical (unpaired) electrons. The van der Waals surface area contributed by atoms with Crippen molar-refractivity contribution in [1.29, 1.82) is 0 Å². The van der Waals surface area contributed by atoms with Crippen LogP contribution in [0.3, 0.4) is 0 Å². The van der Waals surface area contributed by atoms with Crippen molar-refractivity contribution in [2.45, 2.75) is 33.2 Å². The summed E-state index contributed by atoms with van der Waals surface area (Å²) in [6.07, 6.45) is 0.918. The van der Waals surface area contributed by atoms with Crippen molar-refractivity contribution in [3.8, 4) is 11.3 Å². The first-order valence-electron chi connectivity index (χ1n) is 6.68. The first kappa shape index (κ1) is 14.4. The molecule has 1 unspecified atom stereocenters. The highest BCUT2D eigenvalue weighted by Gasteiger charge is 2.09. The van der Waals surface area contributed by atoms with E-state index < -0.39 is 0 Å². The molecule has 1 N–H and O–H groups in total. The molecule has 1 aromatic heterocycles. The molecule has 2 nitrogen and oxygen atoms in total. The van der Waals surface area contributed by atoms with Gasteiger partial charge in [0, 0.05) is 22.5 Å². The number of aryl methyl sites for hydroxylation is 1. The summed E-state index contributed by atoms with van der Waals surface area (Å²) >= 11 is 3.56. The Hall–Kier alpha value is -1.06. The van der Waals surface area contributed by atoms with E-state index in [0.717, 1.165) is 34.5 Å². The second-order valence-corrected chi connectivity index (χ2v) is 5.75. The van der Waals surface area contributed by atoms with Crippen molar-refractivity contribution < 1.29 is 4.42 Å². The second-order valence-electron chi connectivity index (χ2n) is 4.89. The Morgan fingerprint density at radius 3 is 2.74 bits per heavy atom. The molecule has 0 saturated heterocycles. The van der Waals surface area contributed by atoms with Crippen LogP contribution in [0, 0.1) is 6.92 Å². The topological polar surface area (TPSA) is 25.2 Å². The Morgan fingerprint density at radius 1 is 1.26 bits per heavy atom. The number of hydrogen-bond acceptors (Lipinski definition) is 2. The zero-order chi connectivity index (χ0) is 13.8. The molecule has 0 saturated carbocycles. The third-order valence-corrected chi connectivity index (χ3v) is 4.03. The third-order valence-electron chi connectivity index (χ3n) is 3.18. The van der Waals surface area contributed by atoms with Gasteiger partial charge in [0.15, 0.2) is 0 Å². The van der Waals surface area contributed by atoms with E-state index in [9.17, 15) is 0 Å². The molecule has 1 aromatic carbocycles. The summed E-state index contributed by atoms with van der Waals surface area (Å²) in [6, 6.07) is 10.8. The molecule has 0 aliphatic heterocycles. The molecule has 2 rings (SSSR count). The molecule has 2 aromatic rings. The van der Waals surface area contributed by atoms with Crippen LogP contribution in [0.15, 0.2) is 39.2 Å². The van der Waals surface area contributed by atoms with Crippen molar-refractivity contribution in [2.24, 2.45) is 0 Å². The van der Waals surface area contributed by atoms with E-state index in [1.165, 1.54) is 5.56 Å². The largest absolute Gasteiger partial charge is 0.461 e. The smallest absolute Gasteiger partial charge is 0.134 e. The maximum atomic E-state index is 5.92. The summed E-state index contributed by atoms with van der Waals surface area (Å²) in [5.74, 6) is 1.96. The summed E-state index contributed by atoms with van der Waals surface area (Å²) < 4.78 is 7.04. The van der Waals surface area contributed by atoms with E-state index in [2.05, 4.69) is 66.3 Å². The van der Waals surface area contributed by atoms with Gasteiger partial charge in [-0.25, -0.2) is 0 Å². The van der Waals surface area contributed by atoms with E-state index in [1.807, 2.05) is 6.07 Å². The molecular weight excluding hydrogens is 302 g/mol. The normalized spacial score (nSPS) is 12.6. The minimum absolute atomic E-state index is 0.439. The summed E-state index contributed by atoms with van der Waals surface area (Å²) in [4.78, 5) is 0. The number of benzene rings is 1. The Morgan fingerprint density at radius 2 is 2.05 bits per heavy atom. The maximum absolute atomic E-state index is 5.92. The molecular formula is C16H20BrNO. The monoisotopic (exact) mass is 321 g/mol. The molecule has 0 aliphatic carbocycles. The molecule has 0 spiro atoms. The number of halogens is 1. The fraction of sp³-hybridized carbons (Fsp3) is 0.375. The Balaban J connectivity index is 2.14. The van der Waals surface area contributed by atoms with Gasteiger partial charge in [-0.3, -0.25) is 0 Å². The molecule has 0 aliphatic rings. The SMILES string of the molecule is CCNC(C)Cc1ccc(-c2ccc(C)c(Br)c2)o1. The fourth-order valence-corrected chi connectivity index (χ4v) is 2.49. The number of furan rings is 1. The van der Waals surface area contributed by atoms with Gasteiger partial charge >= 0.3 is 0 Å². The standard InChI is InChI=1S/C16H20BrNO/c1-4-18-12(3)9-14-7-8-16(19-14)13-6-5-11(2)15(17)10-13/h5-8,10,12,18H,4,9H2,1-3H3. The summed E-state index contributed by atoms with van der Waals surface area (Å²) in [5.41, 5.74) is 2.34. The highest BCUT2D eigenvalue weighted by atomic mass is 79.9. The van der Waals surface area contributed by atoms with E-state index in [0.29, 0.717) is 6.04 Å². The zero-order valence-corrected chi connectivity index (χ0v) is 13.3. The number of nitrogens with one attached hydrogen (secondary N) is 1. The molecule has 102 valence electrons. The quantitative estimate of drug-likeness (QED) is 0.873. The minimum atomic E-state index is 0.439. The van der Waals surface area contributed by atoms with E-state index in [-0.39, 0.29) is 0 Å². The molecule has 0 bridgehead atoms. The zero-order valence-electron chi connectivity index (χ0n) is 11.7. The lowest BCUT2D eigenvalue weighted by molar-refractivity contribution is 0.470. The van der Waals surface area contributed by atoms with Gasteiger partial charge in [0.25, 0.3) is 0 Å². The van der Waals surface area contributed by atoms with E-state index >= 15 is 0 Å². The van der Waals surface area contributed by atoms with Crippen LogP contribution in [-0.4, -0.2) is 12.6 Å². The average Bonchev–Trinajstić information content (AvgIpc) is 2.81. The van der Waals surface area contributed by atoms with Crippen molar-refractivity contribution in [3.05, 3.63) is 46.1 Å². The van der Waals surface area contributed by atoms with Crippen LogP contribution >= 0.6 is 15.9 Å². The Labute approximate surface area is 123 Å². The molecule has 0 fully saturated rings. The lowest BCUT2D eigenvalue weighted by Crippen LogP contribution is -2.27. The number of hydrogen-bond donors (Lipinski definition) is 1. The van der Waals surface area contributed by atoms with Crippen LogP contribution in [0.2, 0.25) is 0 Å². The van der Waals surface area contributed by atoms with Gasteiger partial charge in [-0.05, 0) is 44.2 Å². The van der Waals surface area contributed by atoms with Crippen molar-refractivity contribution in [3.63, 3.8) is 0 Å². The van der Waals surface area contributed by atoms with Gasteiger partial charge in [-0.15, -0.1) is 0 Å². The van der Waals surface area contributed by atoms with Crippen molar-refractivity contribution in [1.82, 2.24) is 5.32 Å². The second kappa shape index (κ2) is 6.40. The summed E-state index contributed by atoms with van der Waals surface area (Å²) in [5, 5.41) is 3.39. The third kappa shape index (κ3) is 3.71. The van der Waals surface area contributed by atoms with Crippen LogP contribution in [0.4, 0.5) is 0 Å². The average molecular weight is 322 g/mol. The van der Waals surface area contributed by atoms with Crippen molar-refractivity contribution >= 4 is 15.9 Å². The lowest BCUT2D eigenvalue weighted by atomic mass is 10.1. The van der Waals surface area contributed by atoms with E-state index in [1.54, 1.807) is 0 Å².